The van der Waals surface area contributed by atoms with Gasteiger partial charge < -0.3 is 4.74 Å². The molecule has 2 N–H and O–H groups in total. The molecule has 0 bridgehead atoms. The number of nitrogens with zero attached hydrogens (tertiary/aromatic N) is 2. The Kier molecular flexibility index (Phi) is 5.34. The maximum absolute atomic E-state index is 12.0. The molecule has 110 valence electrons. The molecular weight excluding hydrogens is 292 g/mol. The van der Waals surface area contributed by atoms with Gasteiger partial charge in [0, 0.05) is 5.56 Å². The molecule has 7 heteroatoms. The number of benzene rings is 1. The van der Waals surface area contributed by atoms with Crippen LogP contribution in [0.5, 0.6) is 5.75 Å². The van der Waals surface area contributed by atoms with Crippen LogP contribution in [0.2, 0.25) is 5.02 Å². The molecule has 2 rings (SSSR count). The summed E-state index contributed by atoms with van der Waals surface area (Å²) in [4.78, 5) is 19.8. The lowest BCUT2D eigenvalue weighted by molar-refractivity contribution is 0.0962. The minimum atomic E-state index is -0.310. The van der Waals surface area contributed by atoms with Gasteiger partial charge in [-0.2, -0.15) is 0 Å². The van der Waals surface area contributed by atoms with Crippen LogP contribution in [0.25, 0.3) is 0 Å². The Balaban J connectivity index is 1.95. The predicted octanol–water partition coefficient (Wildman–Crippen LogP) is 2.68. The van der Waals surface area contributed by atoms with Crippen molar-refractivity contribution in [1.29, 1.82) is 0 Å². The van der Waals surface area contributed by atoms with Gasteiger partial charge in [-0.15, -0.1) is 0 Å². The van der Waals surface area contributed by atoms with Crippen molar-refractivity contribution in [3.63, 3.8) is 0 Å². The molecule has 0 atom stereocenters. The van der Waals surface area contributed by atoms with Crippen LogP contribution in [0.4, 0.5) is 5.95 Å². The summed E-state index contributed by atoms with van der Waals surface area (Å²) in [5.74, 6) is 0.605. The smallest absolute Gasteiger partial charge is 0.269 e. The van der Waals surface area contributed by atoms with Gasteiger partial charge in [-0.1, -0.05) is 24.6 Å². The van der Waals surface area contributed by atoms with E-state index in [2.05, 4.69) is 20.8 Å². The molecule has 0 aliphatic carbocycles. The number of carbonyl (C=O) groups excluding carboxylic acids is 1. The second-order valence-corrected chi connectivity index (χ2v) is 4.62. The van der Waals surface area contributed by atoms with E-state index in [-0.39, 0.29) is 11.9 Å². The highest BCUT2D eigenvalue weighted by Gasteiger charge is 2.07. The van der Waals surface area contributed by atoms with E-state index in [0.717, 1.165) is 6.42 Å². The fourth-order valence-electron chi connectivity index (χ4n) is 1.51. The number of halogens is 1. The summed E-state index contributed by atoms with van der Waals surface area (Å²) in [5.41, 5.74) is 5.59. The SMILES string of the molecule is CCCOc1cccc(C(=O)NNc2ncc(Cl)cn2)c1. The van der Waals surface area contributed by atoms with Gasteiger partial charge in [-0.25, -0.2) is 9.97 Å². The summed E-state index contributed by atoms with van der Waals surface area (Å²) in [6.45, 7) is 2.63. The summed E-state index contributed by atoms with van der Waals surface area (Å²) in [6, 6.07) is 6.94. The van der Waals surface area contributed by atoms with Gasteiger partial charge in [0.1, 0.15) is 5.75 Å². The van der Waals surface area contributed by atoms with Gasteiger partial charge in [0.15, 0.2) is 0 Å². The molecule has 0 aliphatic rings. The molecule has 0 saturated heterocycles. The molecule has 0 aliphatic heterocycles. The third-order valence-electron chi connectivity index (χ3n) is 2.48. The van der Waals surface area contributed by atoms with Crippen LogP contribution in [0, 0.1) is 0 Å². The summed E-state index contributed by atoms with van der Waals surface area (Å²) < 4.78 is 5.48. The van der Waals surface area contributed by atoms with Gasteiger partial charge in [0.2, 0.25) is 5.95 Å². The predicted molar refractivity (Wildman–Crippen MR) is 80.4 cm³/mol. The molecule has 1 amide bonds. The maximum atomic E-state index is 12.0. The van der Waals surface area contributed by atoms with Crippen molar-refractivity contribution in [2.24, 2.45) is 0 Å². The van der Waals surface area contributed by atoms with Crippen molar-refractivity contribution in [2.75, 3.05) is 12.0 Å². The zero-order chi connectivity index (χ0) is 15.1. The van der Waals surface area contributed by atoms with Crippen LogP contribution in [-0.2, 0) is 0 Å². The first-order valence-electron chi connectivity index (χ1n) is 6.46. The van der Waals surface area contributed by atoms with E-state index in [1.807, 2.05) is 13.0 Å². The lowest BCUT2D eigenvalue weighted by Gasteiger charge is -2.08. The minimum Gasteiger partial charge on any atom is -0.494 e. The third kappa shape index (κ3) is 4.61. The van der Waals surface area contributed by atoms with Crippen molar-refractivity contribution in [1.82, 2.24) is 15.4 Å². The van der Waals surface area contributed by atoms with Gasteiger partial charge >= 0.3 is 0 Å². The van der Waals surface area contributed by atoms with Crippen LogP contribution >= 0.6 is 11.6 Å². The molecule has 0 spiro atoms. The van der Waals surface area contributed by atoms with Gasteiger partial charge in [-0.3, -0.25) is 15.6 Å². The van der Waals surface area contributed by atoms with Gasteiger partial charge in [0.25, 0.3) is 5.91 Å². The van der Waals surface area contributed by atoms with E-state index in [1.165, 1.54) is 12.4 Å². The fourth-order valence-corrected chi connectivity index (χ4v) is 1.61. The highest BCUT2D eigenvalue weighted by Crippen LogP contribution is 2.13. The largest absolute Gasteiger partial charge is 0.494 e. The van der Waals surface area contributed by atoms with E-state index < -0.39 is 0 Å². The number of hydrazine groups is 1. The number of hydrogen-bond acceptors (Lipinski definition) is 5. The third-order valence-corrected chi connectivity index (χ3v) is 2.67. The first-order valence-corrected chi connectivity index (χ1v) is 6.83. The lowest BCUT2D eigenvalue weighted by Crippen LogP contribution is -2.30. The molecule has 1 heterocycles. The number of carbonyl (C=O) groups is 1. The highest BCUT2D eigenvalue weighted by molar-refractivity contribution is 6.30. The van der Waals surface area contributed by atoms with Gasteiger partial charge in [0.05, 0.1) is 24.0 Å². The van der Waals surface area contributed by atoms with Crippen molar-refractivity contribution in [3.8, 4) is 5.75 Å². The minimum absolute atomic E-state index is 0.256. The van der Waals surface area contributed by atoms with E-state index in [9.17, 15) is 4.79 Å². The number of hydrogen-bond donors (Lipinski definition) is 2. The molecular formula is C14H15ClN4O2. The van der Waals surface area contributed by atoms with E-state index in [4.69, 9.17) is 16.3 Å². The topological polar surface area (TPSA) is 76.1 Å². The normalized spacial score (nSPS) is 10.0. The summed E-state index contributed by atoms with van der Waals surface area (Å²) in [6.07, 6.45) is 3.77. The molecule has 0 fully saturated rings. The average molecular weight is 307 g/mol. The van der Waals surface area contributed by atoms with Crippen LogP contribution in [0.15, 0.2) is 36.7 Å². The summed E-state index contributed by atoms with van der Waals surface area (Å²) >= 11 is 5.68. The number of nitrogens with one attached hydrogen (secondary N) is 2. The van der Waals surface area contributed by atoms with Crippen molar-refractivity contribution in [2.45, 2.75) is 13.3 Å². The molecule has 21 heavy (non-hydrogen) atoms. The maximum Gasteiger partial charge on any atom is 0.269 e. The Morgan fingerprint density at radius 2 is 2.10 bits per heavy atom. The number of anilines is 1. The van der Waals surface area contributed by atoms with Crippen molar-refractivity contribution < 1.29 is 9.53 Å². The first kappa shape index (κ1) is 15.1. The standard InChI is InChI=1S/C14H15ClN4O2/c1-2-6-21-12-5-3-4-10(7-12)13(20)18-19-14-16-8-11(15)9-17-14/h3-5,7-9H,2,6H2,1H3,(H,18,20)(H,16,17,19). The van der Waals surface area contributed by atoms with Gasteiger partial charge in [-0.05, 0) is 24.6 Å². The number of amides is 1. The molecule has 1 aromatic heterocycles. The molecule has 0 saturated carbocycles. The number of rotatable bonds is 6. The van der Waals surface area contributed by atoms with E-state index in [1.54, 1.807) is 18.2 Å². The summed E-state index contributed by atoms with van der Waals surface area (Å²) in [5, 5.41) is 0.424. The molecule has 6 nitrogen and oxygen atoms in total. The van der Waals surface area contributed by atoms with Crippen LogP contribution in [0.3, 0.4) is 0 Å². The van der Waals surface area contributed by atoms with Crippen LogP contribution < -0.4 is 15.6 Å². The Morgan fingerprint density at radius 1 is 1.33 bits per heavy atom. The van der Waals surface area contributed by atoms with Crippen molar-refractivity contribution >= 4 is 23.5 Å². The quantitative estimate of drug-likeness (QED) is 0.802. The zero-order valence-electron chi connectivity index (χ0n) is 11.5. The van der Waals surface area contributed by atoms with E-state index >= 15 is 0 Å². The highest BCUT2D eigenvalue weighted by atomic mass is 35.5. The Labute approximate surface area is 127 Å². The Bertz CT molecular complexity index is 604. The fraction of sp³-hybridized carbons (Fsp3) is 0.214. The number of aromatic nitrogens is 2. The number of ether oxygens (including phenoxy) is 1. The molecule has 1 aromatic carbocycles. The van der Waals surface area contributed by atoms with Crippen molar-refractivity contribution in [3.05, 3.63) is 47.2 Å². The molecule has 0 radical (unpaired) electrons. The van der Waals surface area contributed by atoms with E-state index in [0.29, 0.717) is 22.9 Å². The Morgan fingerprint density at radius 3 is 2.81 bits per heavy atom. The van der Waals surface area contributed by atoms with Crippen LogP contribution in [0.1, 0.15) is 23.7 Å². The first-order chi connectivity index (χ1) is 10.2. The average Bonchev–Trinajstić information content (AvgIpc) is 2.52. The summed E-state index contributed by atoms with van der Waals surface area (Å²) in [7, 11) is 0. The zero-order valence-corrected chi connectivity index (χ0v) is 12.2. The molecule has 2 aromatic rings. The second-order valence-electron chi connectivity index (χ2n) is 4.18. The second kappa shape index (κ2) is 7.44. The van der Waals surface area contributed by atoms with Crippen LogP contribution in [-0.4, -0.2) is 22.5 Å². The monoisotopic (exact) mass is 306 g/mol. The Hall–Kier alpha value is -2.34. The lowest BCUT2D eigenvalue weighted by atomic mass is 10.2. The molecule has 0 unspecified atom stereocenters.